The number of nitrogens with one attached hydrogen (secondary N) is 4. The first-order chi connectivity index (χ1) is 15.6. The second-order valence-electron chi connectivity index (χ2n) is 11.8. The smallest absolute Gasteiger partial charge is 0.335 e. The van der Waals surface area contributed by atoms with Gasteiger partial charge in [0.05, 0.1) is 12.6 Å². The summed E-state index contributed by atoms with van der Waals surface area (Å²) >= 11 is 0. The van der Waals surface area contributed by atoms with Crippen LogP contribution in [0.25, 0.3) is 0 Å². The minimum Gasteiger partial charge on any atom is -0.363 e. The highest BCUT2D eigenvalue weighted by atomic mass is 16.2. The molecule has 0 radical (unpaired) electrons. The van der Waals surface area contributed by atoms with Gasteiger partial charge in [-0.2, -0.15) is 0 Å². The Labute approximate surface area is 202 Å². The molecule has 5 amide bonds. The SMILES string of the molecule is CC(C)(C)NC(=O)NC(C(=O)[NH+]1CCC[C@H]1C(=O)NC(CC1CCC1)C(=O)C(N)=O)C(C)(C)C. The van der Waals surface area contributed by atoms with Gasteiger partial charge in [-0.15, -0.1) is 0 Å². The van der Waals surface area contributed by atoms with Gasteiger partial charge in [-0.3, -0.25) is 19.3 Å². The lowest BCUT2D eigenvalue weighted by molar-refractivity contribution is -0.824. The summed E-state index contributed by atoms with van der Waals surface area (Å²) in [6, 6.07) is -2.94. The first-order valence-corrected chi connectivity index (χ1v) is 12.2. The number of carbonyl (C=O) groups is 5. The number of hydrogen-bond acceptors (Lipinski definition) is 5. The van der Waals surface area contributed by atoms with Crippen molar-refractivity contribution in [1.29, 1.82) is 0 Å². The fraction of sp³-hybridized carbons (Fsp3) is 0.792. The van der Waals surface area contributed by atoms with Gasteiger partial charge < -0.3 is 21.7 Å². The second-order valence-corrected chi connectivity index (χ2v) is 11.8. The molecular formula is C24H42N5O5+. The van der Waals surface area contributed by atoms with Gasteiger partial charge in [-0.1, -0.05) is 40.0 Å². The van der Waals surface area contributed by atoms with Gasteiger partial charge in [-0.25, -0.2) is 9.59 Å². The summed E-state index contributed by atoms with van der Waals surface area (Å²) in [6.45, 7) is 11.6. The Bertz CT molecular complexity index is 810. The van der Waals surface area contributed by atoms with Crippen molar-refractivity contribution in [2.75, 3.05) is 6.54 Å². The van der Waals surface area contributed by atoms with E-state index in [-0.39, 0.29) is 11.8 Å². The van der Waals surface area contributed by atoms with Crippen molar-refractivity contribution in [3.63, 3.8) is 0 Å². The zero-order valence-corrected chi connectivity index (χ0v) is 21.4. The van der Waals surface area contributed by atoms with E-state index in [1.54, 1.807) is 0 Å². The van der Waals surface area contributed by atoms with Crippen LogP contribution in [-0.2, 0) is 19.2 Å². The zero-order chi connectivity index (χ0) is 25.8. The average molecular weight is 481 g/mol. The zero-order valence-electron chi connectivity index (χ0n) is 21.4. The van der Waals surface area contributed by atoms with Crippen molar-refractivity contribution < 1.29 is 28.9 Å². The fourth-order valence-electron chi connectivity index (χ4n) is 4.54. The number of rotatable bonds is 8. The molecule has 6 N–H and O–H groups in total. The van der Waals surface area contributed by atoms with Crippen LogP contribution in [0.2, 0.25) is 0 Å². The fourth-order valence-corrected chi connectivity index (χ4v) is 4.54. The lowest BCUT2D eigenvalue weighted by atomic mass is 9.80. The summed E-state index contributed by atoms with van der Waals surface area (Å²) in [5.74, 6) is -2.31. The first kappa shape index (κ1) is 27.8. The molecule has 10 nitrogen and oxygen atoms in total. The molecular weight excluding hydrogens is 438 g/mol. The Morgan fingerprint density at radius 3 is 2.03 bits per heavy atom. The molecule has 0 aromatic carbocycles. The van der Waals surface area contributed by atoms with Crippen LogP contribution in [0.1, 0.15) is 80.1 Å². The molecule has 0 aromatic heterocycles. The molecule has 0 spiro atoms. The summed E-state index contributed by atoms with van der Waals surface area (Å²) in [6.07, 6.45) is 4.47. The lowest BCUT2D eigenvalue weighted by Gasteiger charge is -2.33. The van der Waals surface area contributed by atoms with E-state index in [0.717, 1.165) is 19.3 Å². The van der Waals surface area contributed by atoms with Gasteiger partial charge in [0.2, 0.25) is 5.78 Å². The van der Waals surface area contributed by atoms with Crippen molar-refractivity contribution in [3.05, 3.63) is 0 Å². The molecule has 10 heteroatoms. The maximum absolute atomic E-state index is 13.6. The standard InChI is InChI=1S/C24H41N5O5/c1-23(2,3)18(27-22(34)28-24(4,5)6)21(33)29-12-8-11-16(29)20(32)26-15(17(30)19(25)31)13-14-9-7-10-14/h14-16,18H,7-13H2,1-6H3,(H2,25,31)(H,26,32)(H2,27,28,34)/p+1/t15?,16-,18?/m0/s1. The molecule has 1 aliphatic heterocycles. The van der Waals surface area contributed by atoms with E-state index in [1.807, 2.05) is 41.5 Å². The summed E-state index contributed by atoms with van der Waals surface area (Å²) in [4.78, 5) is 63.6. The topological polar surface area (TPSA) is 152 Å². The summed E-state index contributed by atoms with van der Waals surface area (Å²) in [5.41, 5.74) is 4.15. The van der Waals surface area contributed by atoms with Crippen LogP contribution >= 0.6 is 0 Å². The minimum atomic E-state index is -1.07. The van der Waals surface area contributed by atoms with Crippen LogP contribution in [0.4, 0.5) is 4.79 Å². The number of amides is 5. The predicted octanol–water partition coefficient (Wildman–Crippen LogP) is -0.198. The van der Waals surface area contributed by atoms with Crippen LogP contribution in [0.5, 0.6) is 0 Å². The Balaban J connectivity index is 2.15. The van der Waals surface area contributed by atoms with Gasteiger partial charge in [0.25, 0.3) is 11.8 Å². The average Bonchev–Trinajstić information content (AvgIpc) is 3.14. The third-order valence-electron chi connectivity index (χ3n) is 6.55. The van der Waals surface area contributed by atoms with E-state index >= 15 is 0 Å². The monoisotopic (exact) mass is 480 g/mol. The van der Waals surface area contributed by atoms with Crippen LogP contribution < -0.4 is 26.6 Å². The highest BCUT2D eigenvalue weighted by Crippen LogP contribution is 2.30. The number of likely N-dealkylation sites (tertiary alicyclic amines) is 1. The molecule has 2 fully saturated rings. The maximum atomic E-state index is 13.6. The van der Waals surface area contributed by atoms with Crippen LogP contribution in [0.3, 0.4) is 0 Å². The quantitative estimate of drug-likeness (QED) is 0.305. The van der Waals surface area contributed by atoms with E-state index in [2.05, 4.69) is 16.0 Å². The van der Waals surface area contributed by atoms with E-state index < -0.39 is 52.7 Å². The van der Waals surface area contributed by atoms with Gasteiger partial charge >= 0.3 is 11.9 Å². The van der Waals surface area contributed by atoms with Crippen molar-refractivity contribution in [1.82, 2.24) is 16.0 Å². The van der Waals surface area contributed by atoms with E-state index in [9.17, 15) is 24.0 Å². The molecule has 0 aromatic rings. The van der Waals surface area contributed by atoms with Crippen molar-refractivity contribution >= 4 is 29.5 Å². The molecule has 34 heavy (non-hydrogen) atoms. The molecule has 2 rings (SSSR count). The molecule has 192 valence electrons. The van der Waals surface area contributed by atoms with Gasteiger partial charge in [0, 0.05) is 18.4 Å². The molecule has 1 aliphatic carbocycles. The van der Waals surface area contributed by atoms with Gasteiger partial charge in [-0.05, 0) is 38.5 Å². The summed E-state index contributed by atoms with van der Waals surface area (Å²) in [7, 11) is 0. The molecule has 1 saturated carbocycles. The van der Waals surface area contributed by atoms with Crippen molar-refractivity contribution in [2.24, 2.45) is 17.1 Å². The number of quaternary nitrogens is 1. The number of carbonyl (C=O) groups excluding carboxylic acids is 5. The third-order valence-corrected chi connectivity index (χ3v) is 6.55. The summed E-state index contributed by atoms with van der Waals surface area (Å²) < 4.78 is 0. The molecule has 0 bridgehead atoms. The Hall–Kier alpha value is -2.49. The lowest BCUT2D eigenvalue weighted by Crippen LogP contribution is -3.19. The number of hydrogen-bond donors (Lipinski definition) is 5. The molecule has 2 aliphatic rings. The Morgan fingerprint density at radius 2 is 1.56 bits per heavy atom. The van der Waals surface area contributed by atoms with Crippen molar-refractivity contribution in [3.8, 4) is 0 Å². The Kier molecular flexibility index (Phi) is 8.85. The molecule has 1 heterocycles. The number of primary amides is 1. The van der Waals surface area contributed by atoms with E-state index in [1.165, 1.54) is 0 Å². The number of ketones is 1. The van der Waals surface area contributed by atoms with Gasteiger partial charge in [0.15, 0.2) is 12.1 Å². The normalized spacial score (nSPS) is 22.8. The van der Waals surface area contributed by atoms with E-state index in [4.69, 9.17) is 5.73 Å². The number of nitrogens with two attached hydrogens (primary N) is 1. The van der Waals surface area contributed by atoms with E-state index in [0.29, 0.717) is 30.7 Å². The van der Waals surface area contributed by atoms with Crippen molar-refractivity contribution in [2.45, 2.75) is 104 Å². The Morgan fingerprint density at radius 1 is 0.941 bits per heavy atom. The highest BCUT2D eigenvalue weighted by molar-refractivity contribution is 6.37. The first-order valence-electron chi connectivity index (χ1n) is 12.2. The highest BCUT2D eigenvalue weighted by Gasteiger charge is 2.47. The largest absolute Gasteiger partial charge is 0.363 e. The molecule has 1 saturated heterocycles. The predicted molar refractivity (Wildman–Crippen MR) is 127 cm³/mol. The second kappa shape index (κ2) is 10.8. The summed E-state index contributed by atoms with van der Waals surface area (Å²) in [5, 5.41) is 8.32. The number of urea groups is 1. The van der Waals surface area contributed by atoms with Gasteiger partial charge in [0.1, 0.15) is 0 Å². The van der Waals surface area contributed by atoms with Crippen LogP contribution in [0, 0.1) is 11.3 Å². The van der Waals surface area contributed by atoms with Crippen LogP contribution in [0.15, 0.2) is 0 Å². The number of Topliss-reactive ketones (excluding diaryl/α,β-unsaturated/α-hetero) is 1. The third kappa shape index (κ3) is 7.51. The maximum Gasteiger partial charge on any atom is 0.335 e. The van der Waals surface area contributed by atoms with Crippen LogP contribution in [-0.4, -0.2) is 59.7 Å². The molecule has 4 atom stereocenters. The minimum absolute atomic E-state index is 0.272. The molecule has 3 unspecified atom stereocenters.